The third-order valence-corrected chi connectivity index (χ3v) is 5.75. The Balaban J connectivity index is 1.90. The Labute approximate surface area is 128 Å². The molecule has 3 rings (SSSR count). The Bertz CT molecular complexity index is 530. The molecule has 1 aliphatic heterocycles. The molecule has 1 aliphatic rings. The fourth-order valence-electron chi connectivity index (χ4n) is 2.44. The molecule has 106 valence electrons. The van der Waals surface area contributed by atoms with Crippen LogP contribution in [0.5, 0.6) is 0 Å². The highest BCUT2D eigenvalue weighted by molar-refractivity contribution is 7.98. The number of aryl methyl sites for hydroxylation is 1. The van der Waals surface area contributed by atoms with E-state index in [0.717, 1.165) is 24.3 Å². The van der Waals surface area contributed by atoms with Gasteiger partial charge in [0.15, 0.2) is 0 Å². The summed E-state index contributed by atoms with van der Waals surface area (Å²) in [5.74, 6) is 2.42. The van der Waals surface area contributed by atoms with Gasteiger partial charge in [-0.2, -0.15) is 11.8 Å². The third kappa shape index (κ3) is 3.05. The topological polar surface area (TPSA) is 37.8 Å². The SMILES string of the molecule is CCCNC(c1cncnc1)c1cc2c(s1)CCSC2. The summed E-state index contributed by atoms with van der Waals surface area (Å²) < 4.78 is 0. The van der Waals surface area contributed by atoms with Crippen molar-refractivity contribution in [1.82, 2.24) is 15.3 Å². The van der Waals surface area contributed by atoms with Crippen LogP contribution >= 0.6 is 23.1 Å². The van der Waals surface area contributed by atoms with Crippen molar-refractivity contribution in [1.29, 1.82) is 0 Å². The Morgan fingerprint density at radius 3 is 2.95 bits per heavy atom. The minimum atomic E-state index is 0.233. The van der Waals surface area contributed by atoms with Gasteiger partial charge >= 0.3 is 0 Å². The first kappa shape index (κ1) is 14.0. The average molecular weight is 305 g/mol. The molecule has 1 unspecified atom stereocenters. The predicted octanol–water partition coefficient (Wildman–Crippen LogP) is 3.42. The van der Waals surface area contributed by atoms with Gasteiger partial charge < -0.3 is 5.32 Å². The van der Waals surface area contributed by atoms with Crippen LogP contribution in [0, 0.1) is 0 Å². The molecule has 0 saturated carbocycles. The van der Waals surface area contributed by atoms with E-state index in [0.29, 0.717) is 0 Å². The summed E-state index contributed by atoms with van der Waals surface area (Å²) in [4.78, 5) is 11.3. The van der Waals surface area contributed by atoms with Crippen LogP contribution in [0.15, 0.2) is 24.8 Å². The van der Waals surface area contributed by atoms with Gasteiger partial charge in [-0.15, -0.1) is 11.3 Å². The first-order valence-electron chi connectivity index (χ1n) is 7.06. The van der Waals surface area contributed by atoms with E-state index in [4.69, 9.17) is 0 Å². The van der Waals surface area contributed by atoms with Crippen molar-refractivity contribution >= 4 is 23.1 Å². The molecule has 1 atom stereocenters. The number of aromatic nitrogens is 2. The smallest absolute Gasteiger partial charge is 0.115 e. The number of fused-ring (bicyclic) bond motifs is 1. The lowest BCUT2D eigenvalue weighted by molar-refractivity contribution is 0.602. The first-order valence-corrected chi connectivity index (χ1v) is 9.03. The van der Waals surface area contributed by atoms with Crippen LogP contribution in [0.3, 0.4) is 0 Å². The second kappa shape index (κ2) is 6.70. The highest BCUT2D eigenvalue weighted by atomic mass is 32.2. The predicted molar refractivity (Wildman–Crippen MR) is 86.4 cm³/mol. The van der Waals surface area contributed by atoms with Gasteiger partial charge in [0.1, 0.15) is 6.33 Å². The van der Waals surface area contributed by atoms with E-state index in [9.17, 15) is 0 Å². The maximum Gasteiger partial charge on any atom is 0.115 e. The van der Waals surface area contributed by atoms with Gasteiger partial charge in [0, 0.05) is 33.5 Å². The molecule has 3 nitrogen and oxygen atoms in total. The van der Waals surface area contributed by atoms with Crippen molar-refractivity contribution in [2.75, 3.05) is 12.3 Å². The molecule has 0 amide bonds. The van der Waals surface area contributed by atoms with E-state index in [1.165, 1.54) is 22.6 Å². The van der Waals surface area contributed by atoms with Crippen molar-refractivity contribution in [2.45, 2.75) is 31.6 Å². The Hall–Kier alpha value is -0.910. The van der Waals surface area contributed by atoms with Crippen molar-refractivity contribution in [3.63, 3.8) is 0 Å². The summed E-state index contributed by atoms with van der Waals surface area (Å²) in [5, 5.41) is 3.63. The van der Waals surface area contributed by atoms with Crippen molar-refractivity contribution < 1.29 is 0 Å². The highest BCUT2D eigenvalue weighted by Gasteiger charge is 2.20. The Morgan fingerprint density at radius 2 is 2.20 bits per heavy atom. The molecule has 0 aromatic carbocycles. The molecule has 0 bridgehead atoms. The van der Waals surface area contributed by atoms with Crippen molar-refractivity contribution in [3.05, 3.63) is 45.7 Å². The molecule has 2 aromatic rings. The van der Waals surface area contributed by atoms with E-state index in [-0.39, 0.29) is 6.04 Å². The van der Waals surface area contributed by atoms with Crippen LogP contribution in [0.1, 0.15) is 40.3 Å². The lowest BCUT2D eigenvalue weighted by atomic mass is 10.1. The molecule has 3 heterocycles. The van der Waals surface area contributed by atoms with E-state index >= 15 is 0 Å². The molecular formula is C15H19N3S2. The average Bonchev–Trinajstić information content (AvgIpc) is 2.92. The molecule has 1 N–H and O–H groups in total. The number of hydrogen-bond acceptors (Lipinski definition) is 5. The molecule has 0 saturated heterocycles. The van der Waals surface area contributed by atoms with Gasteiger partial charge in [-0.3, -0.25) is 0 Å². The second-order valence-corrected chi connectivity index (χ2v) is 7.23. The molecule has 20 heavy (non-hydrogen) atoms. The second-order valence-electron chi connectivity index (χ2n) is 4.96. The largest absolute Gasteiger partial charge is 0.306 e. The summed E-state index contributed by atoms with van der Waals surface area (Å²) in [6.45, 7) is 3.21. The molecule has 2 aromatic heterocycles. The quantitative estimate of drug-likeness (QED) is 0.918. The zero-order chi connectivity index (χ0) is 13.8. The third-order valence-electron chi connectivity index (χ3n) is 3.44. The Kier molecular flexibility index (Phi) is 4.70. The van der Waals surface area contributed by atoms with E-state index in [1.807, 2.05) is 35.5 Å². The van der Waals surface area contributed by atoms with Gasteiger partial charge in [-0.1, -0.05) is 6.92 Å². The van der Waals surface area contributed by atoms with Crippen LogP contribution in [-0.2, 0) is 12.2 Å². The van der Waals surface area contributed by atoms with E-state index < -0.39 is 0 Å². The monoisotopic (exact) mass is 305 g/mol. The molecular weight excluding hydrogens is 286 g/mol. The van der Waals surface area contributed by atoms with Crippen LogP contribution in [-0.4, -0.2) is 22.3 Å². The Morgan fingerprint density at radius 1 is 1.35 bits per heavy atom. The summed E-state index contributed by atoms with van der Waals surface area (Å²) >= 11 is 4.00. The fraction of sp³-hybridized carbons (Fsp3) is 0.467. The van der Waals surface area contributed by atoms with Crippen LogP contribution in [0.2, 0.25) is 0 Å². The van der Waals surface area contributed by atoms with Crippen molar-refractivity contribution in [2.24, 2.45) is 0 Å². The van der Waals surface area contributed by atoms with Gasteiger partial charge in [0.05, 0.1) is 6.04 Å². The number of nitrogens with one attached hydrogen (secondary N) is 1. The standard InChI is InChI=1S/C15H19N3S2/c1-2-4-18-15(12-7-16-10-17-8-12)14-6-11-9-19-5-3-13(11)20-14/h6-8,10,15,18H,2-5,9H2,1H3. The summed E-state index contributed by atoms with van der Waals surface area (Å²) in [6.07, 6.45) is 7.79. The molecule has 0 radical (unpaired) electrons. The van der Waals surface area contributed by atoms with Crippen molar-refractivity contribution in [3.8, 4) is 0 Å². The lowest BCUT2D eigenvalue weighted by Crippen LogP contribution is -2.22. The minimum absolute atomic E-state index is 0.233. The first-order chi connectivity index (χ1) is 9.88. The maximum atomic E-state index is 4.17. The summed E-state index contributed by atoms with van der Waals surface area (Å²) in [6, 6.07) is 2.61. The van der Waals surface area contributed by atoms with Gasteiger partial charge in [-0.25, -0.2) is 9.97 Å². The summed E-state index contributed by atoms with van der Waals surface area (Å²) in [5.41, 5.74) is 2.69. The van der Waals surface area contributed by atoms with Gasteiger partial charge in [0.2, 0.25) is 0 Å². The normalized spacial score (nSPS) is 15.8. The summed E-state index contributed by atoms with van der Waals surface area (Å²) in [7, 11) is 0. The van der Waals surface area contributed by atoms with Gasteiger partial charge in [0.25, 0.3) is 0 Å². The molecule has 0 aliphatic carbocycles. The molecule has 5 heteroatoms. The number of rotatable bonds is 5. The van der Waals surface area contributed by atoms with E-state index in [1.54, 1.807) is 11.2 Å². The maximum absolute atomic E-state index is 4.17. The number of thioether (sulfide) groups is 1. The number of hydrogen-bond donors (Lipinski definition) is 1. The molecule has 0 spiro atoms. The van der Waals surface area contributed by atoms with Crippen LogP contribution in [0.25, 0.3) is 0 Å². The van der Waals surface area contributed by atoms with Crippen LogP contribution in [0.4, 0.5) is 0 Å². The zero-order valence-electron chi connectivity index (χ0n) is 11.6. The van der Waals surface area contributed by atoms with Crippen LogP contribution < -0.4 is 5.32 Å². The fourth-order valence-corrected chi connectivity index (χ4v) is 4.92. The zero-order valence-corrected chi connectivity index (χ0v) is 13.3. The van der Waals surface area contributed by atoms with Gasteiger partial charge in [-0.05, 0) is 36.8 Å². The lowest BCUT2D eigenvalue weighted by Gasteiger charge is -2.16. The highest BCUT2D eigenvalue weighted by Crippen LogP contribution is 2.36. The number of thiophene rings is 1. The number of nitrogens with zero attached hydrogens (tertiary/aromatic N) is 2. The molecule has 0 fully saturated rings. The van der Waals surface area contributed by atoms with E-state index in [2.05, 4.69) is 28.3 Å². The minimum Gasteiger partial charge on any atom is -0.306 e.